The van der Waals surface area contributed by atoms with E-state index in [1.807, 2.05) is 0 Å². The summed E-state index contributed by atoms with van der Waals surface area (Å²) in [5.41, 5.74) is -0.570. The average molecular weight is 319 g/mol. The quantitative estimate of drug-likeness (QED) is 0.792. The zero-order chi connectivity index (χ0) is 16.7. The second-order valence-corrected chi connectivity index (χ2v) is 6.38. The maximum Gasteiger partial charge on any atom is 0.454 e. The van der Waals surface area contributed by atoms with Crippen LogP contribution in [0.25, 0.3) is 0 Å². The van der Waals surface area contributed by atoms with Crippen molar-refractivity contribution < 1.29 is 27.5 Å². The summed E-state index contributed by atoms with van der Waals surface area (Å²) in [4.78, 5) is 23.5. The first-order chi connectivity index (χ1) is 10.1. The Kier molecular flexibility index (Phi) is 4.28. The smallest absolute Gasteiger partial charge is 0.454 e. The average Bonchev–Trinajstić information content (AvgIpc) is 2.33. The molecular formula is C15H20F3NO3. The summed E-state index contributed by atoms with van der Waals surface area (Å²) in [5.74, 6) is -2.50. The number of hydrogen-bond donors (Lipinski definition) is 1. The molecule has 1 unspecified atom stereocenters. The van der Waals surface area contributed by atoms with Crippen LogP contribution in [0.2, 0.25) is 0 Å². The van der Waals surface area contributed by atoms with Gasteiger partial charge in [0.25, 0.3) is 5.78 Å². The van der Waals surface area contributed by atoms with E-state index in [-0.39, 0.29) is 17.2 Å². The van der Waals surface area contributed by atoms with Crippen LogP contribution in [-0.4, -0.2) is 31.1 Å². The zero-order valence-corrected chi connectivity index (χ0v) is 12.8. The Labute approximate surface area is 127 Å². The van der Waals surface area contributed by atoms with Crippen LogP contribution in [0.15, 0.2) is 11.3 Å². The highest BCUT2D eigenvalue weighted by molar-refractivity contribution is 6.03. The van der Waals surface area contributed by atoms with E-state index in [0.29, 0.717) is 19.3 Å². The summed E-state index contributed by atoms with van der Waals surface area (Å²) in [6.07, 6.45) is -2.47. The van der Waals surface area contributed by atoms with Gasteiger partial charge in [-0.05, 0) is 25.2 Å². The fourth-order valence-electron chi connectivity index (χ4n) is 3.21. The minimum Gasteiger partial charge on any atom is -0.467 e. The summed E-state index contributed by atoms with van der Waals surface area (Å²) in [6, 6.07) is -0.756. The first-order valence-corrected chi connectivity index (χ1v) is 7.32. The van der Waals surface area contributed by atoms with Gasteiger partial charge in [0, 0.05) is 16.7 Å². The molecular weight excluding hydrogens is 299 g/mol. The second kappa shape index (κ2) is 5.59. The van der Waals surface area contributed by atoms with Crippen molar-refractivity contribution in [1.29, 1.82) is 0 Å². The van der Waals surface area contributed by atoms with E-state index < -0.39 is 29.4 Å². The molecule has 2 aliphatic rings. The van der Waals surface area contributed by atoms with E-state index in [0.717, 1.165) is 6.42 Å². The van der Waals surface area contributed by atoms with Gasteiger partial charge in [0.2, 0.25) is 0 Å². The number of alkyl halides is 3. The normalized spacial score (nSPS) is 21.2. The number of rotatable bonds is 5. The van der Waals surface area contributed by atoms with E-state index >= 15 is 0 Å². The number of allylic oxidation sites excluding steroid dienone is 2. The Bertz CT molecular complexity index is 519. The van der Waals surface area contributed by atoms with Crippen LogP contribution < -0.4 is 5.32 Å². The third kappa shape index (κ3) is 2.73. The molecule has 0 aliphatic heterocycles. The summed E-state index contributed by atoms with van der Waals surface area (Å²) >= 11 is 0. The highest BCUT2D eigenvalue weighted by Gasteiger charge is 2.57. The molecule has 0 aromatic carbocycles. The number of ether oxygens (including phenoxy) is 1. The molecule has 0 radical (unpaired) electrons. The van der Waals surface area contributed by atoms with Gasteiger partial charge < -0.3 is 10.1 Å². The number of hydrogen-bond acceptors (Lipinski definition) is 4. The number of carbonyl (C=O) groups excluding carboxylic acids is 2. The molecule has 22 heavy (non-hydrogen) atoms. The lowest BCUT2D eigenvalue weighted by atomic mass is 9.53. The molecule has 2 aliphatic carbocycles. The molecule has 4 nitrogen and oxygen atoms in total. The SMILES string of the molecule is COC(=O)C(NC1=C(C(=O)C(F)(F)F)C2(CCC2)C1)C(C)C. The van der Waals surface area contributed by atoms with Crippen LogP contribution in [0.4, 0.5) is 13.2 Å². The zero-order valence-electron chi connectivity index (χ0n) is 12.8. The summed E-state index contributed by atoms with van der Waals surface area (Å²) in [6.45, 7) is 3.52. The number of carbonyl (C=O) groups is 2. The molecule has 1 N–H and O–H groups in total. The standard InChI is InChI=1S/C15H20F3NO3/c1-8(2)11(13(21)22-3)19-9-7-14(5-4-6-14)10(9)12(20)15(16,17)18/h8,11,19H,4-7H2,1-3H3. The van der Waals surface area contributed by atoms with Crippen molar-refractivity contribution in [3.63, 3.8) is 0 Å². The molecule has 0 heterocycles. The molecule has 0 amide bonds. The highest BCUT2D eigenvalue weighted by atomic mass is 19.4. The van der Waals surface area contributed by atoms with Crippen molar-refractivity contribution in [2.45, 2.75) is 51.7 Å². The second-order valence-electron chi connectivity index (χ2n) is 6.38. The Morgan fingerprint density at radius 1 is 1.27 bits per heavy atom. The van der Waals surface area contributed by atoms with Gasteiger partial charge in [0.1, 0.15) is 6.04 Å². The van der Waals surface area contributed by atoms with Crippen molar-refractivity contribution in [3.05, 3.63) is 11.3 Å². The molecule has 1 spiro atoms. The number of Topliss-reactive ketones (excluding diaryl/α,β-unsaturated/α-hetero) is 1. The predicted molar refractivity (Wildman–Crippen MR) is 72.8 cm³/mol. The van der Waals surface area contributed by atoms with E-state index in [9.17, 15) is 22.8 Å². The van der Waals surface area contributed by atoms with Crippen LogP contribution in [0.5, 0.6) is 0 Å². The Balaban J connectivity index is 2.28. The minimum atomic E-state index is -4.89. The van der Waals surface area contributed by atoms with Crippen molar-refractivity contribution >= 4 is 11.8 Å². The van der Waals surface area contributed by atoms with Crippen molar-refractivity contribution in [2.75, 3.05) is 7.11 Å². The molecule has 7 heteroatoms. The van der Waals surface area contributed by atoms with Gasteiger partial charge in [-0.3, -0.25) is 4.79 Å². The fourth-order valence-corrected chi connectivity index (χ4v) is 3.21. The van der Waals surface area contributed by atoms with Gasteiger partial charge in [-0.2, -0.15) is 13.2 Å². The van der Waals surface area contributed by atoms with Gasteiger partial charge >= 0.3 is 12.1 Å². The summed E-state index contributed by atoms with van der Waals surface area (Å²) in [7, 11) is 1.23. The topological polar surface area (TPSA) is 55.4 Å². The fraction of sp³-hybridized carbons (Fsp3) is 0.733. The number of methoxy groups -OCH3 is 1. The summed E-state index contributed by atoms with van der Waals surface area (Å²) < 4.78 is 43.1. The van der Waals surface area contributed by atoms with E-state index in [1.54, 1.807) is 13.8 Å². The van der Waals surface area contributed by atoms with Gasteiger partial charge in [0.05, 0.1) is 7.11 Å². The molecule has 124 valence electrons. The van der Waals surface area contributed by atoms with E-state index in [4.69, 9.17) is 0 Å². The number of halogens is 3. The number of esters is 1. The Morgan fingerprint density at radius 2 is 1.86 bits per heavy atom. The third-order valence-corrected chi connectivity index (χ3v) is 4.59. The van der Waals surface area contributed by atoms with Crippen LogP contribution >= 0.6 is 0 Å². The minimum absolute atomic E-state index is 0.167. The first kappa shape index (κ1) is 16.8. The molecule has 0 saturated heterocycles. The van der Waals surface area contributed by atoms with Crippen molar-refractivity contribution in [3.8, 4) is 0 Å². The number of nitrogens with one attached hydrogen (secondary N) is 1. The van der Waals surface area contributed by atoms with Crippen LogP contribution in [-0.2, 0) is 14.3 Å². The van der Waals surface area contributed by atoms with E-state index in [1.165, 1.54) is 7.11 Å². The third-order valence-electron chi connectivity index (χ3n) is 4.59. The molecule has 1 atom stereocenters. The maximum atomic E-state index is 12.8. The lowest BCUT2D eigenvalue weighted by molar-refractivity contribution is -0.169. The van der Waals surface area contributed by atoms with Gasteiger partial charge in [-0.15, -0.1) is 0 Å². The van der Waals surface area contributed by atoms with Gasteiger partial charge in [0.15, 0.2) is 0 Å². The monoisotopic (exact) mass is 319 g/mol. The predicted octanol–water partition coefficient (Wildman–Crippen LogP) is 2.73. The molecule has 0 aromatic rings. The largest absolute Gasteiger partial charge is 0.467 e. The lowest BCUT2D eigenvalue weighted by Gasteiger charge is -2.52. The first-order valence-electron chi connectivity index (χ1n) is 7.32. The lowest BCUT2D eigenvalue weighted by Crippen LogP contribution is -2.53. The van der Waals surface area contributed by atoms with Crippen molar-refractivity contribution in [2.24, 2.45) is 11.3 Å². The van der Waals surface area contributed by atoms with Crippen LogP contribution in [0.3, 0.4) is 0 Å². The molecule has 2 rings (SSSR count). The van der Waals surface area contributed by atoms with Crippen LogP contribution in [0.1, 0.15) is 39.5 Å². The van der Waals surface area contributed by atoms with Crippen molar-refractivity contribution in [1.82, 2.24) is 5.32 Å². The maximum absolute atomic E-state index is 12.8. The molecule has 0 bridgehead atoms. The summed E-state index contributed by atoms with van der Waals surface area (Å²) in [5, 5.41) is 2.81. The molecule has 0 aromatic heterocycles. The Morgan fingerprint density at radius 3 is 2.23 bits per heavy atom. The van der Waals surface area contributed by atoms with Gasteiger partial charge in [-0.1, -0.05) is 20.3 Å². The molecule has 1 fully saturated rings. The van der Waals surface area contributed by atoms with Crippen LogP contribution in [0, 0.1) is 11.3 Å². The van der Waals surface area contributed by atoms with E-state index in [2.05, 4.69) is 10.1 Å². The Hall–Kier alpha value is -1.53. The molecule has 1 saturated carbocycles. The highest BCUT2D eigenvalue weighted by Crippen LogP contribution is 2.60. The number of ketones is 1. The van der Waals surface area contributed by atoms with Gasteiger partial charge in [-0.25, -0.2) is 4.79 Å².